The molecule has 0 aliphatic rings. The fraction of sp³-hybridized carbons (Fsp3) is 0.353. The van der Waals surface area contributed by atoms with Gasteiger partial charge in [-0.2, -0.15) is 0 Å². The van der Waals surface area contributed by atoms with Gasteiger partial charge in [0.15, 0.2) is 0 Å². The largest absolute Gasteiger partial charge is 0.456 e. The Morgan fingerprint density at radius 2 is 2.05 bits per heavy atom. The zero-order chi connectivity index (χ0) is 15.1. The van der Waals surface area contributed by atoms with Gasteiger partial charge in [-0.15, -0.1) is 0 Å². The van der Waals surface area contributed by atoms with Gasteiger partial charge in [-0.05, 0) is 49.7 Å². The summed E-state index contributed by atoms with van der Waals surface area (Å²) in [4.78, 5) is 4.52. The first-order chi connectivity index (χ1) is 10.2. The van der Waals surface area contributed by atoms with Gasteiger partial charge in [-0.3, -0.25) is 4.98 Å². The van der Waals surface area contributed by atoms with E-state index in [0.29, 0.717) is 6.04 Å². The zero-order valence-corrected chi connectivity index (χ0v) is 14.1. The molecule has 1 N–H and O–H groups in total. The van der Waals surface area contributed by atoms with E-state index >= 15 is 0 Å². The molecular weight excluding hydrogens is 328 g/mol. The van der Waals surface area contributed by atoms with Gasteiger partial charge in [0.2, 0.25) is 0 Å². The van der Waals surface area contributed by atoms with Crippen molar-refractivity contribution in [2.45, 2.75) is 32.7 Å². The van der Waals surface area contributed by atoms with Crippen LogP contribution in [0.15, 0.2) is 47.1 Å². The van der Waals surface area contributed by atoms with E-state index in [2.05, 4.69) is 40.1 Å². The minimum absolute atomic E-state index is 0.310. The summed E-state index contributed by atoms with van der Waals surface area (Å²) in [6.07, 6.45) is 3.94. The average molecular weight is 349 g/mol. The second kappa shape index (κ2) is 8.15. The van der Waals surface area contributed by atoms with Gasteiger partial charge in [0.1, 0.15) is 11.5 Å². The van der Waals surface area contributed by atoms with E-state index in [4.69, 9.17) is 4.74 Å². The first-order valence-electron chi connectivity index (χ1n) is 7.35. The van der Waals surface area contributed by atoms with Gasteiger partial charge in [0, 0.05) is 10.5 Å². The second-order valence-corrected chi connectivity index (χ2v) is 5.81. The molecule has 1 unspecified atom stereocenters. The van der Waals surface area contributed by atoms with Crippen LogP contribution in [0.4, 0.5) is 0 Å². The standard InChI is InChI=1S/C17H21BrN2O/c1-3-10-19-16(4-2)17-9-8-15(12-20-17)21-14-7-5-6-13(18)11-14/h5-9,11-12,16,19H,3-4,10H2,1-2H3. The van der Waals surface area contributed by atoms with Gasteiger partial charge < -0.3 is 10.1 Å². The van der Waals surface area contributed by atoms with Crippen molar-refractivity contribution in [2.24, 2.45) is 0 Å². The molecule has 0 aliphatic heterocycles. The van der Waals surface area contributed by atoms with Gasteiger partial charge in [0.05, 0.1) is 11.9 Å². The van der Waals surface area contributed by atoms with E-state index in [1.165, 1.54) is 0 Å². The fourth-order valence-electron chi connectivity index (χ4n) is 2.10. The summed E-state index contributed by atoms with van der Waals surface area (Å²) < 4.78 is 6.80. The highest BCUT2D eigenvalue weighted by Gasteiger charge is 2.09. The number of hydrogen-bond acceptors (Lipinski definition) is 3. The normalized spacial score (nSPS) is 12.1. The lowest BCUT2D eigenvalue weighted by atomic mass is 10.1. The molecule has 112 valence electrons. The Morgan fingerprint density at radius 1 is 1.19 bits per heavy atom. The van der Waals surface area contributed by atoms with E-state index in [0.717, 1.165) is 41.1 Å². The van der Waals surface area contributed by atoms with E-state index < -0.39 is 0 Å². The number of pyridine rings is 1. The van der Waals surface area contributed by atoms with E-state index in [1.807, 2.05) is 36.4 Å². The van der Waals surface area contributed by atoms with Crippen molar-refractivity contribution in [2.75, 3.05) is 6.54 Å². The number of halogens is 1. The molecule has 0 saturated carbocycles. The molecule has 0 amide bonds. The molecule has 4 heteroatoms. The molecule has 1 atom stereocenters. The zero-order valence-electron chi connectivity index (χ0n) is 12.5. The summed E-state index contributed by atoms with van der Waals surface area (Å²) >= 11 is 3.44. The van der Waals surface area contributed by atoms with E-state index in [9.17, 15) is 0 Å². The van der Waals surface area contributed by atoms with Crippen LogP contribution >= 0.6 is 15.9 Å². The predicted octanol–water partition coefficient (Wildman–Crippen LogP) is 5.09. The molecule has 1 aromatic carbocycles. The van der Waals surface area contributed by atoms with Crippen LogP contribution in [0.5, 0.6) is 11.5 Å². The number of ether oxygens (including phenoxy) is 1. The van der Waals surface area contributed by atoms with Crippen LogP contribution in [0, 0.1) is 0 Å². The third-order valence-corrected chi connectivity index (χ3v) is 3.69. The first kappa shape index (κ1) is 16.0. The number of nitrogens with zero attached hydrogens (tertiary/aromatic N) is 1. The van der Waals surface area contributed by atoms with Crippen molar-refractivity contribution in [1.29, 1.82) is 0 Å². The van der Waals surface area contributed by atoms with Crippen LogP contribution in [0.3, 0.4) is 0 Å². The Kier molecular flexibility index (Phi) is 6.21. The number of nitrogens with one attached hydrogen (secondary N) is 1. The van der Waals surface area contributed by atoms with Crippen LogP contribution in [-0.2, 0) is 0 Å². The molecule has 0 spiro atoms. The quantitative estimate of drug-likeness (QED) is 0.756. The van der Waals surface area contributed by atoms with Crippen LogP contribution in [0.1, 0.15) is 38.4 Å². The molecule has 0 radical (unpaired) electrons. The van der Waals surface area contributed by atoms with Crippen molar-refractivity contribution in [3.63, 3.8) is 0 Å². The number of benzene rings is 1. The summed E-state index contributed by atoms with van der Waals surface area (Å²) in [7, 11) is 0. The van der Waals surface area contributed by atoms with E-state index in [-0.39, 0.29) is 0 Å². The molecule has 0 saturated heterocycles. The van der Waals surface area contributed by atoms with Gasteiger partial charge in [-0.25, -0.2) is 0 Å². The van der Waals surface area contributed by atoms with Crippen molar-refractivity contribution >= 4 is 15.9 Å². The Bertz CT molecular complexity index is 557. The molecule has 2 rings (SSSR count). The molecule has 1 heterocycles. The molecule has 1 aromatic heterocycles. The molecule has 0 aliphatic carbocycles. The lowest BCUT2D eigenvalue weighted by Crippen LogP contribution is -2.22. The third-order valence-electron chi connectivity index (χ3n) is 3.20. The third kappa shape index (κ3) is 4.83. The first-order valence-corrected chi connectivity index (χ1v) is 8.15. The molecule has 21 heavy (non-hydrogen) atoms. The highest BCUT2D eigenvalue weighted by Crippen LogP contribution is 2.25. The maximum absolute atomic E-state index is 5.80. The molecule has 0 fully saturated rings. The minimum Gasteiger partial charge on any atom is -0.456 e. The minimum atomic E-state index is 0.310. The van der Waals surface area contributed by atoms with Crippen molar-refractivity contribution in [1.82, 2.24) is 10.3 Å². The Hall–Kier alpha value is -1.39. The molecule has 0 bridgehead atoms. The van der Waals surface area contributed by atoms with Crippen molar-refractivity contribution in [3.05, 3.63) is 52.8 Å². The highest BCUT2D eigenvalue weighted by molar-refractivity contribution is 9.10. The lowest BCUT2D eigenvalue weighted by Gasteiger charge is -2.16. The van der Waals surface area contributed by atoms with Crippen LogP contribution in [0.2, 0.25) is 0 Å². The number of rotatable bonds is 7. The number of hydrogen-bond donors (Lipinski definition) is 1. The van der Waals surface area contributed by atoms with Crippen molar-refractivity contribution in [3.8, 4) is 11.5 Å². The molecule has 2 aromatic rings. The van der Waals surface area contributed by atoms with Crippen LogP contribution < -0.4 is 10.1 Å². The Labute approximate surface area is 134 Å². The molecule has 3 nitrogen and oxygen atoms in total. The smallest absolute Gasteiger partial charge is 0.145 e. The monoisotopic (exact) mass is 348 g/mol. The maximum Gasteiger partial charge on any atom is 0.145 e. The van der Waals surface area contributed by atoms with Crippen LogP contribution in [0.25, 0.3) is 0 Å². The summed E-state index contributed by atoms with van der Waals surface area (Å²) in [5.74, 6) is 1.55. The Morgan fingerprint density at radius 3 is 2.67 bits per heavy atom. The Balaban J connectivity index is 2.04. The van der Waals surface area contributed by atoms with Crippen LogP contribution in [-0.4, -0.2) is 11.5 Å². The highest BCUT2D eigenvalue weighted by atomic mass is 79.9. The topological polar surface area (TPSA) is 34.1 Å². The van der Waals surface area contributed by atoms with E-state index in [1.54, 1.807) is 6.20 Å². The average Bonchev–Trinajstić information content (AvgIpc) is 2.49. The summed E-state index contributed by atoms with van der Waals surface area (Å²) in [6.45, 7) is 5.35. The number of aromatic nitrogens is 1. The lowest BCUT2D eigenvalue weighted by molar-refractivity contribution is 0.474. The summed E-state index contributed by atoms with van der Waals surface area (Å²) in [5.41, 5.74) is 1.06. The van der Waals surface area contributed by atoms with Gasteiger partial charge in [-0.1, -0.05) is 35.8 Å². The fourth-order valence-corrected chi connectivity index (χ4v) is 2.48. The van der Waals surface area contributed by atoms with Crippen molar-refractivity contribution < 1.29 is 4.74 Å². The van der Waals surface area contributed by atoms with Gasteiger partial charge in [0.25, 0.3) is 0 Å². The summed E-state index contributed by atoms with van der Waals surface area (Å²) in [6, 6.07) is 12.1. The predicted molar refractivity (Wildman–Crippen MR) is 89.8 cm³/mol. The summed E-state index contributed by atoms with van der Waals surface area (Å²) in [5, 5.41) is 3.50. The van der Waals surface area contributed by atoms with Gasteiger partial charge >= 0.3 is 0 Å². The second-order valence-electron chi connectivity index (χ2n) is 4.89. The SMILES string of the molecule is CCCNC(CC)c1ccc(Oc2cccc(Br)c2)cn1. The molecular formula is C17H21BrN2O. The maximum atomic E-state index is 5.80.